The molecule has 122 valence electrons. The second kappa shape index (κ2) is 6.56. The van der Waals surface area contributed by atoms with E-state index in [1.54, 1.807) is 4.88 Å². The Labute approximate surface area is 136 Å². The lowest BCUT2D eigenvalue weighted by molar-refractivity contribution is -0.140. The van der Waals surface area contributed by atoms with Crippen molar-refractivity contribution in [2.45, 2.75) is 63.0 Å². The Morgan fingerprint density at radius 2 is 2.14 bits per heavy atom. The molecule has 5 heteroatoms. The lowest BCUT2D eigenvalue weighted by Gasteiger charge is -2.43. The molecule has 0 saturated carbocycles. The Balaban J connectivity index is 1.26. The zero-order valence-corrected chi connectivity index (χ0v) is 14.1. The van der Waals surface area contributed by atoms with Crippen LogP contribution in [0, 0.1) is 0 Å². The number of hydrogen-bond donors (Lipinski definition) is 1. The van der Waals surface area contributed by atoms with Crippen LogP contribution in [0.15, 0.2) is 0 Å². The van der Waals surface area contributed by atoms with Crippen LogP contribution in [0.2, 0.25) is 0 Å². The Kier molecular flexibility index (Phi) is 4.49. The predicted molar refractivity (Wildman–Crippen MR) is 87.6 cm³/mol. The quantitative estimate of drug-likeness (QED) is 0.925. The van der Waals surface area contributed by atoms with Crippen LogP contribution in [0.4, 0.5) is 0 Å². The molecule has 3 aliphatic rings. The van der Waals surface area contributed by atoms with E-state index in [4.69, 9.17) is 14.5 Å². The van der Waals surface area contributed by atoms with Crippen LogP contribution in [-0.4, -0.2) is 43.0 Å². The standard InChI is InChI=1S/C17H26N2O2S/c1-2-14-15(3-1)22-16(19-14)4-8-18-13-5-9-21-17(12-13)6-10-20-11-7-17/h13,18H,1-12H2/t13-/m0/s1. The molecule has 1 spiro atoms. The second-order valence-corrected chi connectivity index (χ2v) is 8.04. The minimum Gasteiger partial charge on any atom is -0.381 e. The molecule has 0 radical (unpaired) electrons. The van der Waals surface area contributed by atoms with Crippen molar-refractivity contribution >= 4 is 11.3 Å². The second-order valence-electron chi connectivity index (χ2n) is 6.87. The summed E-state index contributed by atoms with van der Waals surface area (Å²) in [6.45, 7) is 3.65. The van der Waals surface area contributed by atoms with Crippen molar-refractivity contribution in [3.8, 4) is 0 Å². The predicted octanol–water partition coefficient (Wildman–Crippen LogP) is 2.49. The van der Waals surface area contributed by atoms with Crippen molar-refractivity contribution < 1.29 is 9.47 Å². The number of thiazole rings is 1. The molecule has 0 amide bonds. The fourth-order valence-corrected chi connectivity index (χ4v) is 5.18. The third-order valence-corrected chi connectivity index (χ3v) is 6.53. The highest BCUT2D eigenvalue weighted by Gasteiger charge is 2.38. The molecule has 0 unspecified atom stereocenters. The van der Waals surface area contributed by atoms with Crippen LogP contribution in [-0.2, 0) is 28.7 Å². The summed E-state index contributed by atoms with van der Waals surface area (Å²) in [5.41, 5.74) is 1.48. The largest absolute Gasteiger partial charge is 0.381 e. The molecule has 0 bridgehead atoms. The highest BCUT2D eigenvalue weighted by molar-refractivity contribution is 7.11. The normalized spacial score (nSPS) is 27.2. The van der Waals surface area contributed by atoms with E-state index >= 15 is 0 Å². The summed E-state index contributed by atoms with van der Waals surface area (Å²) >= 11 is 1.94. The van der Waals surface area contributed by atoms with Crippen molar-refractivity contribution in [2.75, 3.05) is 26.4 Å². The number of hydrogen-bond acceptors (Lipinski definition) is 5. The average Bonchev–Trinajstić information content (AvgIpc) is 3.09. The molecule has 0 aromatic carbocycles. The van der Waals surface area contributed by atoms with Gasteiger partial charge in [0.15, 0.2) is 0 Å². The van der Waals surface area contributed by atoms with Crippen LogP contribution < -0.4 is 5.32 Å². The number of nitrogens with one attached hydrogen (secondary N) is 1. The SMILES string of the molecule is C1Cc2nc(CCN[C@H]3CCOC4(CCOCC4)C3)sc2C1. The van der Waals surface area contributed by atoms with Gasteiger partial charge >= 0.3 is 0 Å². The molecule has 2 saturated heterocycles. The number of ether oxygens (including phenoxy) is 2. The van der Waals surface area contributed by atoms with Gasteiger partial charge in [0.05, 0.1) is 16.3 Å². The summed E-state index contributed by atoms with van der Waals surface area (Å²) in [7, 11) is 0. The maximum absolute atomic E-state index is 6.11. The van der Waals surface area contributed by atoms with Crippen LogP contribution in [0.1, 0.15) is 47.7 Å². The highest BCUT2D eigenvalue weighted by atomic mass is 32.1. The number of nitrogens with zero attached hydrogens (tertiary/aromatic N) is 1. The molecule has 1 atom stereocenters. The lowest BCUT2D eigenvalue weighted by Crippen LogP contribution is -2.50. The van der Waals surface area contributed by atoms with E-state index in [-0.39, 0.29) is 5.60 Å². The van der Waals surface area contributed by atoms with E-state index in [1.165, 1.54) is 30.0 Å². The van der Waals surface area contributed by atoms with Gasteiger partial charge in [-0.05, 0) is 44.9 Å². The van der Waals surface area contributed by atoms with Gasteiger partial charge < -0.3 is 14.8 Å². The molecule has 1 N–H and O–H groups in total. The smallest absolute Gasteiger partial charge is 0.0943 e. The van der Waals surface area contributed by atoms with Gasteiger partial charge in [-0.3, -0.25) is 0 Å². The Morgan fingerprint density at radius 1 is 1.23 bits per heavy atom. The Bertz CT molecular complexity index is 484. The van der Waals surface area contributed by atoms with Crippen molar-refractivity contribution in [3.05, 3.63) is 15.6 Å². The lowest BCUT2D eigenvalue weighted by atomic mass is 9.84. The minimum absolute atomic E-state index is 0.0938. The number of aromatic nitrogens is 1. The molecule has 1 aromatic rings. The van der Waals surface area contributed by atoms with Gasteiger partial charge in [0.25, 0.3) is 0 Å². The number of fused-ring (bicyclic) bond motifs is 1. The molecule has 2 fully saturated rings. The van der Waals surface area contributed by atoms with E-state index < -0.39 is 0 Å². The molecule has 3 heterocycles. The van der Waals surface area contributed by atoms with E-state index in [2.05, 4.69) is 5.32 Å². The van der Waals surface area contributed by atoms with Gasteiger partial charge in [0.1, 0.15) is 0 Å². The number of rotatable bonds is 4. The van der Waals surface area contributed by atoms with Gasteiger partial charge in [-0.15, -0.1) is 11.3 Å². The summed E-state index contributed by atoms with van der Waals surface area (Å²) in [6, 6.07) is 0.596. The van der Waals surface area contributed by atoms with E-state index in [9.17, 15) is 0 Å². The first-order chi connectivity index (χ1) is 10.8. The first-order valence-corrected chi connectivity index (χ1v) is 9.57. The molecule has 22 heavy (non-hydrogen) atoms. The first kappa shape index (κ1) is 15.1. The van der Waals surface area contributed by atoms with E-state index in [1.807, 2.05) is 11.3 Å². The average molecular weight is 322 g/mol. The van der Waals surface area contributed by atoms with Crippen molar-refractivity contribution in [1.29, 1.82) is 0 Å². The number of aryl methyl sites for hydroxylation is 2. The maximum Gasteiger partial charge on any atom is 0.0943 e. The molecule has 1 aliphatic carbocycles. The third-order valence-electron chi connectivity index (χ3n) is 5.31. The van der Waals surface area contributed by atoms with Gasteiger partial charge in [-0.1, -0.05) is 0 Å². The van der Waals surface area contributed by atoms with Gasteiger partial charge in [-0.2, -0.15) is 0 Å². The summed E-state index contributed by atoms with van der Waals surface area (Å²) in [4.78, 5) is 6.34. The first-order valence-electron chi connectivity index (χ1n) is 8.76. The highest BCUT2D eigenvalue weighted by Crippen LogP contribution is 2.34. The van der Waals surface area contributed by atoms with Crippen molar-refractivity contribution in [3.63, 3.8) is 0 Å². The van der Waals surface area contributed by atoms with Crippen molar-refractivity contribution in [1.82, 2.24) is 10.3 Å². The zero-order chi connectivity index (χ0) is 14.8. The summed E-state index contributed by atoms with van der Waals surface area (Å²) in [6.07, 6.45) is 9.23. The van der Waals surface area contributed by atoms with Gasteiger partial charge in [0, 0.05) is 43.7 Å². The molecule has 2 aliphatic heterocycles. The maximum atomic E-state index is 6.11. The summed E-state index contributed by atoms with van der Waals surface area (Å²) in [5, 5.41) is 5.08. The fraction of sp³-hybridized carbons (Fsp3) is 0.824. The Morgan fingerprint density at radius 3 is 3.00 bits per heavy atom. The topological polar surface area (TPSA) is 43.4 Å². The van der Waals surface area contributed by atoms with Crippen LogP contribution >= 0.6 is 11.3 Å². The van der Waals surface area contributed by atoms with E-state index in [0.717, 1.165) is 58.5 Å². The molecular formula is C17H26N2O2S. The van der Waals surface area contributed by atoms with Crippen LogP contribution in [0.3, 0.4) is 0 Å². The van der Waals surface area contributed by atoms with Crippen LogP contribution in [0.25, 0.3) is 0 Å². The summed E-state index contributed by atoms with van der Waals surface area (Å²) in [5.74, 6) is 0. The molecular weight excluding hydrogens is 296 g/mol. The van der Waals surface area contributed by atoms with Crippen molar-refractivity contribution in [2.24, 2.45) is 0 Å². The Hall–Kier alpha value is -0.490. The third kappa shape index (κ3) is 3.23. The van der Waals surface area contributed by atoms with Gasteiger partial charge in [-0.25, -0.2) is 4.98 Å². The summed E-state index contributed by atoms with van der Waals surface area (Å²) < 4.78 is 11.6. The fourth-order valence-electron chi connectivity index (χ4n) is 4.03. The van der Waals surface area contributed by atoms with E-state index in [0.29, 0.717) is 6.04 Å². The molecule has 4 nitrogen and oxygen atoms in total. The van der Waals surface area contributed by atoms with Crippen LogP contribution in [0.5, 0.6) is 0 Å². The van der Waals surface area contributed by atoms with Gasteiger partial charge in [0.2, 0.25) is 0 Å². The minimum atomic E-state index is 0.0938. The monoisotopic (exact) mass is 322 g/mol. The molecule has 1 aromatic heterocycles. The molecule has 4 rings (SSSR count). The zero-order valence-electron chi connectivity index (χ0n) is 13.2.